The van der Waals surface area contributed by atoms with Crippen molar-refractivity contribution in [3.05, 3.63) is 28.3 Å². The van der Waals surface area contributed by atoms with Gasteiger partial charge in [-0.25, -0.2) is 0 Å². The molecule has 0 spiro atoms. The molecule has 3 nitrogen and oxygen atoms in total. The van der Waals surface area contributed by atoms with Gasteiger partial charge in [-0.2, -0.15) is 5.26 Å². The van der Waals surface area contributed by atoms with Crippen molar-refractivity contribution in [3.63, 3.8) is 0 Å². The minimum Gasteiger partial charge on any atom is -0.392 e. The Morgan fingerprint density at radius 1 is 1.60 bits per heavy atom. The summed E-state index contributed by atoms with van der Waals surface area (Å²) in [7, 11) is 0. The second kappa shape index (κ2) is 5.01. The van der Waals surface area contributed by atoms with E-state index in [9.17, 15) is 0 Å². The topological polar surface area (TPSA) is 56.0 Å². The summed E-state index contributed by atoms with van der Waals surface area (Å²) in [5.74, 6) is 0. The highest BCUT2D eigenvalue weighted by atomic mass is 35.5. The van der Waals surface area contributed by atoms with E-state index in [1.807, 2.05) is 13.0 Å². The molecule has 0 radical (unpaired) electrons. The van der Waals surface area contributed by atoms with Gasteiger partial charge in [0.1, 0.15) is 6.07 Å². The van der Waals surface area contributed by atoms with Gasteiger partial charge in [0.15, 0.2) is 0 Å². The zero-order valence-electron chi connectivity index (χ0n) is 8.71. The van der Waals surface area contributed by atoms with Crippen molar-refractivity contribution in [2.45, 2.75) is 20.0 Å². The van der Waals surface area contributed by atoms with Crippen LogP contribution in [0.4, 0.5) is 5.69 Å². The van der Waals surface area contributed by atoms with Crippen molar-refractivity contribution in [2.24, 2.45) is 0 Å². The highest BCUT2D eigenvalue weighted by molar-refractivity contribution is 6.32. The first-order chi connectivity index (χ1) is 7.06. The van der Waals surface area contributed by atoms with Crippen molar-refractivity contribution in [1.82, 2.24) is 0 Å². The van der Waals surface area contributed by atoms with Crippen LogP contribution in [0.3, 0.4) is 0 Å². The number of hydrogen-bond acceptors (Lipinski definition) is 3. The van der Waals surface area contributed by atoms with Crippen molar-refractivity contribution >= 4 is 17.3 Å². The molecular weight excluding hydrogens is 212 g/mol. The molecular formula is C11H13ClN2O. The lowest BCUT2D eigenvalue weighted by Crippen LogP contribution is -2.15. The summed E-state index contributed by atoms with van der Waals surface area (Å²) in [5.41, 5.74) is 2.15. The molecule has 0 unspecified atom stereocenters. The van der Waals surface area contributed by atoms with Crippen molar-refractivity contribution in [2.75, 3.05) is 11.9 Å². The zero-order valence-corrected chi connectivity index (χ0v) is 9.47. The van der Waals surface area contributed by atoms with Crippen LogP contribution in [0.15, 0.2) is 12.1 Å². The Morgan fingerprint density at radius 2 is 2.27 bits per heavy atom. The minimum atomic E-state index is -0.418. The monoisotopic (exact) mass is 224 g/mol. The molecule has 2 N–H and O–H groups in total. The molecule has 1 rings (SSSR count). The fraction of sp³-hybridized carbons (Fsp3) is 0.364. The van der Waals surface area contributed by atoms with Gasteiger partial charge in [-0.05, 0) is 31.5 Å². The average Bonchev–Trinajstić information content (AvgIpc) is 2.20. The SMILES string of the molecule is Cc1c(NC[C@H](C)O)ccc(C#N)c1Cl. The molecule has 0 heterocycles. The molecule has 0 aliphatic rings. The molecule has 0 aliphatic heterocycles. The molecule has 0 saturated heterocycles. The number of anilines is 1. The Labute approximate surface area is 94.3 Å². The van der Waals surface area contributed by atoms with Crippen LogP contribution in [0.1, 0.15) is 18.1 Å². The quantitative estimate of drug-likeness (QED) is 0.829. The number of nitrogens with zero attached hydrogens (tertiary/aromatic N) is 1. The maximum Gasteiger partial charge on any atom is 0.101 e. The largest absolute Gasteiger partial charge is 0.392 e. The fourth-order valence-corrected chi connectivity index (χ4v) is 1.43. The lowest BCUT2D eigenvalue weighted by Gasteiger charge is -2.12. The third-order valence-corrected chi connectivity index (χ3v) is 2.58. The number of aliphatic hydroxyl groups is 1. The van der Waals surface area contributed by atoms with Crippen molar-refractivity contribution in [3.8, 4) is 6.07 Å². The van der Waals surface area contributed by atoms with Crippen LogP contribution >= 0.6 is 11.6 Å². The highest BCUT2D eigenvalue weighted by Crippen LogP contribution is 2.26. The van der Waals surface area contributed by atoms with Gasteiger partial charge < -0.3 is 10.4 Å². The molecule has 0 aromatic heterocycles. The van der Waals surface area contributed by atoms with E-state index in [1.54, 1.807) is 19.1 Å². The van der Waals surface area contributed by atoms with Crippen LogP contribution in [0.5, 0.6) is 0 Å². The minimum absolute atomic E-state index is 0.418. The number of rotatable bonds is 3. The lowest BCUT2D eigenvalue weighted by molar-refractivity contribution is 0.208. The molecule has 4 heteroatoms. The first-order valence-electron chi connectivity index (χ1n) is 4.67. The van der Waals surface area contributed by atoms with Crippen molar-refractivity contribution in [1.29, 1.82) is 5.26 Å². The van der Waals surface area contributed by atoms with Gasteiger partial charge >= 0.3 is 0 Å². The normalized spacial score (nSPS) is 11.9. The predicted octanol–water partition coefficient (Wildman–Crippen LogP) is 2.31. The Kier molecular flexibility index (Phi) is 3.96. The van der Waals surface area contributed by atoms with Gasteiger partial charge in [0.2, 0.25) is 0 Å². The number of nitriles is 1. The van der Waals surface area contributed by atoms with Crippen LogP contribution in [0.25, 0.3) is 0 Å². The van der Waals surface area contributed by atoms with E-state index < -0.39 is 6.10 Å². The zero-order chi connectivity index (χ0) is 11.4. The molecule has 0 amide bonds. The number of hydrogen-bond donors (Lipinski definition) is 2. The lowest BCUT2D eigenvalue weighted by atomic mass is 10.1. The molecule has 0 saturated carbocycles. The van der Waals surface area contributed by atoms with E-state index in [-0.39, 0.29) is 0 Å². The highest BCUT2D eigenvalue weighted by Gasteiger charge is 2.07. The van der Waals surface area contributed by atoms with Crippen LogP contribution in [-0.2, 0) is 0 Å². The van der Waals surface area contributed by atoms with Crippen LogP contribution in [-0.4, -0.2) is 17.8 Å². The Hall–Kier alpha value is -1.24. The van der Waals surface area contributed by atoms with Crippen LogP contribution in [0, 0.1) is 18.3 Å². The van der Waals surface area contributed by atoms with Gasteiger partial charge in [0.05, 0.1) is 16.7 Å². The summed E-state index contributed by atoms with van der Waals surface area (Å²) in [6.07, 6.45) is -0.418. The van der Waals surface area contributed by atoms with Gasteiger partial charge in [-0.15, -0.1) is 0 Å². The second-order valence-corrected chi connectivity index (χ2v) is 3.82. The molecule has 0 bridgehead atoms. The van der Waals surface area contributed by atoms with E-state index in [4.69, 9.17) is 22.0 Å². The summed E-state index contributed by atoms with van der Waals surface area (Å²) in [6.45, 7) is 4.00. The predicted molar refractivity (Wildman–Crippen MR) is 61.1 cm³/mol. The molecule has 0 fully saturated rings. The average molecular weight is 225 g/mol. The number of halogens is 1. The molecule has 15 heavy (non-hydrogen) atoms. The maximum absolute atomic E-state index is 9.13. The number of benzene rings is 1. The van der Waals surface area contributed by atoms with E-state index in [0.29, 0.717) is 17.1 Å². The van der Waals surface area contributed by atoms with E-state index in [1.165, 1.54) is 0 Å². The van der Waals surface area contributed by atoms with Gasteiger partial charge in [0.25, 0.3) is 0 Å². The standard InChI is InChI=1S/C11H13ClN2O/c1-7(15)6-14-10-4-3-9(5-13)11(12)8(10)2/h3-4,7,14-15H,6H2,1-2H3/t7-/m0/s1. The third-order valence-electron chi connectivity index (χ3n) is 2.09. The van der Waals surface area contributed by atoms with Gasteiger partial charge in [0, 0.05) is 12.2 Å². The summed E-state index contributed by atoms with van der Waals surface area (Å²) in [4.78, 5) is 0. The van der Waals surface area contributed by atoms with E-state index in [0.717, 1.165) is 11.3 Å². The molecule has 1 atom stereocenters. The summed E-state index contributed by atoms with van der Waals surface area (Å²) >= 11 is 5.99. The van der Waals surface area contributed by atoms with E-state index in [2.05, 4.69) is 5.32 Å². The first-order valence-corrected chi connectivity index (χ1v) is 5.05. The summed E-state index contributed by atoms with van der Waals surface area (Å²) in [6, 6.07) is 5.48. The number of nitrogens with one attached hydrogen (secondary N) is 1. The molecule has 0 aliphatic carbocycles. The van der Waals surface area contributed by atoms with Gasteiger partial charge in [-0.3, -0.25) is 0 Å². The van der Waals surface area contributed by atoms with Crippen molar-refractivity contribution < 1.29 is 5.11 Å². The molecule has 1 aromatic carbocycles. The van der Waals surface area contributed by atoms with E-state index >= 15 is 0 Å². The van der Waals surface area contributed by atoms with Gasteiger partial charge in [-0.1, -0.05) is 11.6 Å². The maximum atomic E-state index is 9.13. The van der Waals surface area contributed by atoms with Crippen LogP contribution in [0.2, 0.25) is 5.02 Å². The fourth-order valence-electron chi connectivity index (χ4n) is 1.22. The second-order valence-electron chi connectivity index (χ2n) is 3.44. The first kappa shape index (κ1) is 11.8. The summed E-state index contributed by atoms with van der Waals surface area (Å²) in [5, 5.41) is 21.4. The smallest absolute Gasteiger partial charge is 0.101 e. The Bertz CT molecular complexity index is 396. The van der Waals surface area contributed by atoms with Crippen LogP contribution < -0.4 is 5.32 Å². The number of aliphatic hydroxyl groups excluding tert-OH is 1. The summed E-state index contributed by atoms with van der Waals surface area (Å²) < 4.78 is 0. The Morgan fingerprint density at radius 3 is 2.80 bits per heavy atom. The molecule has 80 valence electrons. The third kappa shape index (κ3) is 2.85. The molecule has 1 aromatic rings. The Balaban J connectivity index is 2.93.